The summed E-state index contributed by atoms with van der Waals surface area (Å²) in [5.41, 5.74) is 9.87. The molecule has 5 heteroatoms. The summed E-state index contributed by atoms with van der Waals surface area (Å²) in [5.74, 6) is 0. The minimum atomic E-state index is -0.127. The number of nitrogen functional groups attached to an aromatic ring is 1. The van der Waals surface area contributed by atoms with Gasteiger partial charge in [0.15, 0.2) is 5.65 Å². The van der Waals surface area contributed by atoms with Crippen molar-refractivity contribution in [1.82, 2.24) is 14.5 Å². The Morgan fingerprint density at radius 1 is 1.27 bits per heavy atom. The van der Waals surface area contributed by atoms with Crippen LogP contribution < -0.4 is 11.3 Å². The van der Waals surface area contributed by atoms with Crippen LogP contribution in [0.2, 0.25) is 0 Å². The van der Waals surface area contributed by atoms with Gasteiger partial charge in [0.2, 0.25) is 0 Å². The summed E-state index contributed by atoms with van der Waals surface area (Å²) in [5, 5.41) is 0. The second-order valence-electron chi connectivity index (χ2n) is 5.36. The summed E-state index contributed by atoms with van der Waals surface area (Å²) in [6, 6.07) is 9.47. The van der Waals surface area contributed by atoms with Gasteiger partial charge in [0.25, 0.3) is 5.56 Å². The van der Waals surface area contributed by atoms with E-state index in [0.29, 0.717) is 29.1 Å². The van der Waals surface area contributed by atoms with E-state index >= 15 is 0 Å². The van der Waals surface area contributed by atoms with Crippen LogP contribution in [0, 0.1) is 6.92 Å². The van der Waals surface area contributed by atoms with Crippen molar-refractivity contribution in [2.75, 3.05) is 5.73 Å². The maximum absolute atomic E-state index is 12.8. The van der Waals surface area contributed by atoms with Gasteiger partial charge in [-0.1, -0.05) is 30.7 Å². The Labute approximate surface area is 128 Å². The molecular weight excluding hydrogens is 276 g/mol. The van der Waals surface area contributed by atoms with E-state index in [1.165, 1.54) is 0 Å². The van der Waals surface area contributed by atoms with Crippen molar-refractivity contribution >= 4 is 16.9 Å². The van der Waals surface area contributed by atoms with Crippen molar-refractivity contribution in [2.24, 2.45) is 0 Å². The maximum atomic E-state index is 12.8. The molecule has 0 unspecified atom stereocenters. The molecule has 3 aromatic rings. The normalized spacial score (nSPS) is 11.0. The molecule has 0 atom stereocenters. The van der Waals surface area contributed by atoms with E-state index in [4.69, 9.17) is 5.73 Å². The first-order chi connectivity index (χ1) is 10.6. The van der Waals surface area contributed by atoms with Crippen LogP contribution in [-0.2, 0) is 6.54 Å². The van der Waals surface area contributed by atoms with Gasteiger partial charge in [-0.2, -0.15) is 0 Å². The Bertz CT molecular complexity index is 899. The lowest BCUT2D eigenvalue weighted by molar-refractivity contribution is 0.670. The number of nitrogens with two attached hydrogens (primary N) is 1. The van der Waals surface area contributed by atoms with E-state index < -0.39 is 0 Å². The Morgan fingerprint density at radius 2 is 2.09 bits per heavy atom. The molecule has 5 nitrogen and oxygen atoms in total. The zero-order valence-electron chi connectivity index (χ0n) is 12.7. The van der Waals surface area contributed by atoms with Crippen LogP contribution in [0.15, 0.2) is 41.3 Å². The monoisotopic (exact) mass is 294 g/mol. The summed E-state index contributed by atoms with van der Waals surface area (Å²) in [4.78, 5) is 21.6. The molecule has 0 saturated heterocycles. The third kappa shape index (κ3) is 2.35. The molecule has 0 saturated carbocycles. The first kappa shape index (κ1) is 14.3. The number of fused-ring (bicyclic) bond motifs is 1. The van der Waals surface area contributed by atoms with Gasteiger partial charge in [0, 0.05) is 18.3 Å². The smallest absolute Gasteiger partial charge is 0.278 e. The third-order valence-corrected chi connectivity index (χ3v) is 3.60. The molecule has 2 heterocycles. The molecule has 0 aliphatic carbocycles. The molecule has 0 amide bonds. The standard InChI is InChI=1S/C17H18N4O/c1-3-9-21-16-15(13(18)7-8-19-16)20-14(17(21)22)12-6-4-5-11(2)10-12/h4-8,10H,3,9H2,1-2H3,(H2,18,19). The predicted molar refractivity (Wildman–Crippen MR) is 88.7 cm³/mol. The molecule has 2 aromatic heterocycles. The van der Waals surface area contributed by atoms with Gasteiger partial charge < -0.3 is 5.73 Å². The Hall–Kier alpha value is -2.69. The number of nitrogens with zero attached hydrogens (tertiary/aromatic N) is 3. The highest BCUT2D eigenvalue weighted by atomic mass is 16.1. The van der Waals surface area contributed by atoms with Crippen LogP contribution in [0.25, 0.3) is 22.4 Å². The molecule has 112 valence electrons. The lowest BCUT2D eigenvalue weighted by Crippen LogP contribution is -2.24. The number of pyridine rings is 1. The number of anilines is 1. The summed E-state index contributed by atoms with van der Waals surface area (Å²) in [6.45, 7) is 4.61. The maximum Gasteiger partial charge on any atom is 0.278 e. The van der Waals surface area contributed by atoms with Gasteiger partial charge >= 0.3 is 0 Å². The lowest BCUT2D eigenvalue weighted by Gasteiger charge is -2.12. The van der Waals surface area contributed by atoms with Crippen LogP contribution in [0.4, 0.5) is 5.69 Å². The van der Waals surface area contributed by atoms with Crippen LogP contribution in [-0.4, -0.2) is 14.5 Å². The van der Waals surface area contributed by atoms with Gasteiger partial charge in [0.05, 0.1) is 5.69 Å². The molecule has 22 heavy (non-hydrogen) atoms. The van der Waals surface area contributed by atoms with E-state index in [1.807, 2.05) is 38.1 Å². The fraction of sp³-hybridized carbons (Fsp3) is 0.235. The molecule has 0 aliphatic heterocycles. The van der Waals surface area contributed by atoms with E-state index in [9.17, 15) is 4.79 Å². The van der Waals surface area contributed by atoms with Gasteiger partial charge in [-0.15, -0.1) is 0 Å². The van der Waals surface area contributed by atoms with Crippen molar-refractivity contribution < 1.29 is 0 Å². The first-order valence-electron chi connectivity index (χ1n) is 7.34. The number of benzene rings is 1. The number of aryl methyl sites for hydroxylation is 2. The zero-order chi connectivity index (χ0) is 15.7. The third-order valence-electron chi connectivity index (χ3n) is 3.60. The Balaban J connectivity index is 2.38. The van der Waals surface area contributed by atoms with Gasteiger partial charge in [-0.05, 0) is 25.5 Å². The molecule has 0 spiro atoms. The average Bonchev–Trinajstić information content (AvgIpc) is 2.50. The molecule has 0 aliphatic rings. The van der Waals surface area contributed by atoms with E-state index in [-0.39, 0.29) is 5.56 Å². The summed E-state index contributed by atoms with van der Waals surface area (Å²) >= 11 is 0. The van der Waals surface area contributed by atoms with Crippen molar-refractivity contribution in [3.05, 3.63) is 52.4 Å². The molecule has 0 bridgehead atoms. The molecule has 0 radical (unpaired) electrons. The van der Waals surface area contributed by atoms with Crippen molar-refractivity contribution in [1.29, 1.82) is 0 Å². The Kier molecular flexibility index (Phi) is 3.63. The van der Waals surface area contributed by atoms with Crippen molar-refractivity contribution in [3.63, 3.8) is 0 Å². The molecule has 1 aromatic carbocycles. The Morgan fingerprint density at radius 3 is 2.82 bits per heavy atom. The highest BCUT2D eigenvalue weighted by molar-refractivity contribution is 5.85. The van der Waals surface area contributed by atoms with Crippen LogP contribution in [0.1, 0.15) is 18.9 Å². The number of hydrogen-bond donors (Lipinski definition) is 1. The van der Waals surface area contributed by atoms with E-state index in [1.54, 1.807) is 16.8 Å². The van der Waals surface area contributed by atoms with E-state index in [0.717, 1.165) is 17.5 Å². The summed E-state index contributed by atoms with van der Waals surface area (Å²) in [6.07, 6.45) is 2.44. The average molecular weight is 294 g/mol. The number of rotatable bonds is 3. The summed E-state index contributed by atoms with van der Waals surface area (Å²) in [7, 11) is 0. The van der Waals surface area contributed by atoms with Gasteiger partial charge in [-0.25, -0.2) is 9.97 Å². The molecule has 3 rings (SSSR count). The van der Waals surface area contributed by atoms with E-state index in [2.05, 4.69) is 9.97 Å². The largest absolute Gasteiger partial charge is 0.397 e. The highest BCUT2D eigenvalue weighted by Crippen LogP contribution is 2.21. The predicted octanol–water partition coefficient (Wildman–Crippen LogP) is 2.76. The topological polar surface area (TPSA) is 73.8 Å². The quantitative estimate of drug-likeness (QED) is 0.806. The van der Waals surface area contributed by atoms with Crippen molar-refractivity contribution in [2.45, 2.75) is 26.8 Å². The molecular formula is C17H18N4O. The van der Waals surface area contributed by atoms with Gasteiger partial charge in [0.1, 0.15) is 11.2 Å². The van der Waals surface area contributed by atoms with Crippen LogP contribution in [0.3, 0.4) is 0 Å². The fourth-order valence-corrected chi connectivity index (χ4v) is 2.56. The van der Waals surface area contributed by atoms with Crippen LogP contribution >= 0.6 is 0 Å². The van der Waals surface area contributed by atoms with Crippen LogP contribution in [0.5, 0.6) is 0 Å². The SMILES string of the molecule is CCCn1c(=O)c(-c2cccc(C)c2)nc2c(N)ccnc21. The number of aromatic nitrogens is 3. The van der Waals surface area contributed by atoms with Crippen molar-refractivity contribution in [3.8, 4) is 11.3 Å². The highest BCUT2D eigenvalue weighted by Gasteiger charge is 2.14. The minimum Gasteiger partial charge on any atom is -0.397 e. The fourth-order valence-electron chi connectivity index (χ4n) is 2.56. The minimum absolute atomic E-state index is 0.127. The second kappa shape index (κ2) is 5.60. The molecule has 0 fully saturated rings. The first-order valence-corrected chi connectivity index (χ1v) is 7.34. The number of hydrogen-bond acceptors (Lipinski definition) is 4. The summed E-state index contributed by atoms with van der Waals surface area (Å²) < 4.78 is 1.66. The molecule has 2 N–H and O–H groups in total. The second-order valence-corrected chi connectivity index (χ2v) is 5.36. The zero-order valence-corrected chi connectivity index (χ0v) is 12.7. The lowest BCUT2D eigenvalue weighted by atomic mass is 10.1. The van der Waals surface area contributed by atoms with Gasteiger partial charge in [-0.3, -0.25) is 9.36 Å².